The molecule has 1 heterocycles. The lowest BCUT2D eigenvalue weighted by Crippen LogP contribution is -2.20. The molecule has 92 valence electrons. The molecule has 1 unspecified atom stereocenters. The van der Waals surface area contributed by atoms with Gasteiger partial charge in [-0.1, -0.05) is 6.92 Å². The Morgan fingerprint density at radius 3 is 2.82 bits per heavy atom. The molecule has 1 atom stereocenters. The first-order valence-corrected chi connectivity index (χ1v) is 4.99. The van der Waals surface area contributed by atoms with Gasteiger partial charge in [-0.3, -0.25) is 14.9 Å². The van der Waals surface area contributed by atoms with Crippen molar-refractivity contribution in [3.05, 3.63) is 27.9 Å². The standard InChI is InChI=1S/C10H13N3O4/c1-6-3-9(11-4-7(2)10(14)15)12-5-8(6)13(16)17/h3,5,7H,4H2,1-2H3,(H,11,12)(H,14,15). The number of hydrogen-bond acceptors (Lipinski definition) is 5. The monoisotopic (exact) mass is 239 g/mol. The summed E-state index contributed by atoms with van der Waals surface area (Å²) in [6.07, 6.45) is 1.16. The summed E-state index contributed by atoms with van der Waals surface area (Å²) in [6.45, 7) is 3.39. The van der Waals surface area contributed by atoms with Crippen LogP contribution in [0.5, 0.6) is 0 Å². The molecule has 0 aliphatic carbocycles. The molecule has 0 aliphatic heterocycles. The third kappa shape index (κ3) is 3.40. The number of nitrogens with one attached hydrogen (secondary N) is 1. The summed E-state index contributed by atoms with van der Waals surface area (Å²) >= 11 is 0. The Hall–Kier alpha value is -2.18. The Morgan fingerprint density at radius 2 is 2.35 bits per heavy atom. The number of carboxylic acids is 1. The molecular formula is C10H13N3O4. The molecule has 0 amide bonds. The molecule has 0 bridgehead atoms. The van der Waals surface area contributed by atoms with Crippen LogP contribution in [0, 0.1) is 23.0 Å². The zero-order valence-corrected chi connectivity index (χ0v) is 9.51. The fourth-order valence-corrected chi connectivity index (χ4v) is 1.18. The van der Waals surface area contributed by atoms with Gasteiger partial charge in [0, 0.05) is 12.1 Å². The first-order valence-electron chi connectivity index (χ1n) is 4.99. The molecule has 1 aromatic heterocycles. The van der Waals surface area contributed by atoms with Gasteiger partial charge in [0.15, 0.2) is 0 Å². The van der Waals surface area contributed by atoms with Crippen molar-refractivity contribution in [2.24, 2.45) is 5.92 Å². The van der Waals surface area contributed by atoms with E-state index < -0.39 is 16.8 Å². The Morgan fingerprint density at radius 1 is 1.71 bits per heavy atom. The SMILES string of the molecule is Cc1cc(NCC(C)C(=O)O)ncc1[N+](=O)[O-]. The van der Waals surface area contributed by atoms with E-state index in [9.17, 15) is 14.9 Å². The van der Waals surface area contributed by atoms with Gasteiger partial charge >= 0.3 is 5.97 Å². The van der Waals surface area contributed by atoms with Crippen LogP contribution in [-0.2, 0) is 4.79 Å². The smallest absolute Gasteiger partial charge is 0.308 e. The van der Waals surface area contributed by atoms with Gasteiger partial charge in [-0.2, -0.15) is 0 Å². The van der Waals surface area contributed by atoms with E-state index in [1.54, 1.807) is 13.8 Å². The number of aromatic nitrogens is 1. The predicted octanol–water partition coefficient (Wildman–Crippen LogP) is 1.43. The molecule has 0 radical (unpaired) electrons. The van der Waals surface area contributed by atoms with E-state index in [4.69, 9.17) is 5.11 Å². The topological polar surface area (TPSA) is 105 Å². The van der Waals surface area contributed by atoms with Gasteiger partial charge in [0.1, 0.15) is 12.0 Å². The van der Waals surface area contributed by atoms with E-state index in [2.05, 4.69) is 10.3 Å². The van der Waals surface area contributed by atoms with Crippen LogP contribution in [0.1, 0.15) is 12.5 Å². The van der Waals surface area contributed by atoms with Crippen molar-refractivity contribution < 1.29 is 14.8 Å². The van der Waals surface area contributed by atoms with Crippen molar-refractivity contribution in [1.82, 2.24) is 4.98 Å². The number of carbonyl (C=O) groups is 1. The van der Waals surface area contributed by atoms with Crippen molar-refractivity contribution in [2.45, 2.75) is 13.8 Å². The molecule has 0 fully saturated rings. The van der Waals surface area contributed by atoms with Gasteiger partial charge in [0.05, 0.1) is 10.8 Å². The Bertz CT molecular complexity index is 447. The second-order valence-corrected chi connectivity index (χ2v) is 3.73. The maximum absolute atomic E-state index is 10.6. The minimum atomic E-state index is -0.906. The summed E-state index contributed by atoms with van der Waals surface area (Å²) in [7, 11) is 0. The van der Waals surface area contributed by atoms with Crippen molar-refractivity contribution in [1.29, 1.82) is 0 Å². The third-order valence-electron chi connectivity index (χ3n) is 2.29. The molecule has 1 rings (SSSR count). The number of aryl methyl sites for hydroxylation is 1. The summed E-state index contributed by atoms with van der Waals surface area (Å²) in [4.78, 5) is 24.5. The molecule has 0 aromatic carbocycles. The number of rotatable bonds is 5. The summed E-state index contributed by atoms with van der Waals surface area (Å²) < 4.78 is 0. The second-order valence-electron chi connectivity index (χ2n) is 3.73. The molecule has 7 heteroatoms. The van der Waals surface area contributed by atoms with Gasteiger partial charge in [-0.05, 0) is 13.0 Å². The van der Waals surface area contributed by atoms with E-state index >= 15 is 0 Å². The number of nitro groups is 1. The highest BCUT2D eigenvalue weighted by Gasteiger charge is 2.13. The maximum Gasteiger partial charge on any atom is 0.308 e. The van der Waals surface area contributed by atoms with Gasteiger partial charge < -0.3 is 10.4 Å². The molecule has 0 saturated carbocycles. The lowest BCUT2D eigenvalue weighted by molar-refractivity contribution is -0.385. The first kappa shape index (κ1) is 12.9. The Balaban J connectivity index is 2.71. The summed E-state index contributed by atoms with van der Waals surface area (Å²) in [6, 6.07) is 1.52. The third-order valence-corrected chi connectivity index (χ3v) is 2.29. The second kappa shape index (κ2) is 5.24. The molecule has 0 spiro atoms. The first-order chi connectivity index (χ1) is 7.91. The van der Waals surface area contributed by atoms with E-state index in [1.807, 2.05) is 0 Å². The minimum absolute atomic E-state index is 0.0539. The van der Waals surface area contributed by atoms with Crippen molar-refractivity contribution in [3.63, 3.8) is 0 Å². The van der Waals surface area contributed by atoms with Crippen LogP contribution >= 0.6 is 0 Å². The quantitative estimate of drug-likeness (QED) is 0.594. The molecule has 0 aliphatic rings. The van der Waals surface area contributed by atoms with Crippen molar-refractivity contribution >= 4 is 17.5 Å². The zero-order chi connectivity index (χ0) is 13.0. The molecule has 0 saturated heterocycles. The van der Waals surface area contributed by atoms with Gasteiger partial charge in [0.2, 0.25) is 0 Å². The fourth-order valence-electron chi connectivity index (χ4n) is 1.18. The average Bonchev–Trinajstić information content (AvgIpc) is 2.25. The highest BCUT2D eigenvalue weighted by molar-refractivity contribution is 5.70. The van der Waals surface area contributed by atoms with E-state index in [-0.39, 0.29) is 12.2 Å². The highest BCUT2D eigenvalue weighted by atomic mass is 16.6. The van der Waals surface area contributed by atoms with Crippen LogP contribution in [0.3, 0.4) is 0 Å². The lowest BCUT2D eigenvalue weighted by Gasteiger charge is -2.09. The number of carboxylic acid groups (broad SMARTS) is 1. The van der Waals surface area contributed by atoms with E-state index in [0.717, 1.165) is 6.20 Å². The summed E-state index contributed by atoms with van der Waals surface area (Å²) in [5.74, 6) is -1.02. The van der Waals surface area contributed by atoms with Gasteiger partial charge in [-0.25, -0.2) is 4.98 Å². The van der Waals surface area contributed by atoms with Gasteiger partial charge in [0.25, 0.3) is 5.69 Å². The number of anilines is 1. The van der Waals surface area contributed by atoms with Crippen LogP contribution in [0.15, 0.2) is 12.3 Å². The molecule has 17 heavy (non-hydrogen) atoms. The predicted molar refractivity (Wildman–Crippen MR) is 60.9 cm³/mol. The Labute approximate surface area is 97.6 Å². The van der Waals surface area contributed by atoms with E-state index in [0.29, 0.717) is 11.4 Å². The normalized spacial score (nSPS) is 11.9. The summed E-state index contributed by atoms with van der Waals surface area (Å²) in [5, 5.41) is 22.1. The number of hydrogen-bond donors (Lipinski definition) is 2. The Kier molecular flexibility index (Phi) is 3.97. The van der Waals surface area contributed by atoms with Crippen LogP contribution < -0.4 is 5.32 Å². The van der Waals surface area contributed by atoms with E-state index in [1.165, 1.54) is 6.07 Å². The fraction of sp³-hybridized carbons (Fsp3) is 0.400. The number of nitrogens with zero attached hydrogens (tertiary/aromatic N) is 2. The molecule has 1 aromatic rings. The average molecular weight is 239 g/mol. The summed E-state index contributed by atoms with van der Waals surface area (Å²) in [5.41, 5.74) is 0.428. The highest BCUT2D eigenvalue weighted by Crippen LogP contribution is 2.18. The molecule has 2 N–H and O–H groups in total. The molecular weight excluding hydrogens is 226 g/mol. The van der Waals surface area contributed by atoms with Gasteiger partial charge in [-0.15, -0.1) is 0 Å². The minimum Gasteiger partial charge on any atom is -0.481 e. The lowest BCUT2D eigenvalue weighted by atomic mass is 10.2. The number of aliphatic carboxylic acids is 1. The zero-order valence-electron chi connectivity index (χ0n) is 9.51. The van der Waals surface area contributed by atoms with Crippen LogP contribution in [0.2, 0.25) is 0 Å². The van der Waals surface area contributed by atoms with Crippen molar-refractivity contribution in [3.8, 4) is 0 Å². The number of pyridine rings is 1. The van der Waals surface area contributed by atoms with Crippen LogP contribution in [-0.4, -0.2) is 27.5 Å². The maximum atomic E-state index is 10.6. The van der Waals surface area contributed by atoms with Crippen molar-refractivity contribution in [2.75, 3.05) is 11.9 Å². The molecule has 7 nitrogen and oxygen atoms in total. The van der Waals surface area contributed by atoms with Crippen LogP contribution in [0.4, 0.5) is 11.5 Å². The largest absolute Gasteiger partial charge is 0.481 e. The van der Waals surface area contributed by atoms with Crippen LogP contribution in [0.25, 0.3) is 0 Å².